The molecule has 1 N–H and O–H groups in total. The molecule has 0 saturated carbocycles. The smallest absolute Gasteiger partial charge is 0.251 e. The van der Waals surface area contributed by atoms with E-state index in [1.54, 1.807) is 0 Å². The Balaban J connectivity index is 2.08. The Labute approximate surface area is 119 Å². The predicted molar refractivity (Wildman–Crippen MR) is 79.7 cm³/mol. The number of aryl methyl sites for hydroxylation is 4. The van der Waals surface area contributed by atoms with Crippen LogP contribution in [0.3, 0.4) is 0 Å². The van der Waals surface area contributed by atoms with E-state index >= 15 is 0 Å². The van der Waals surface area contributed by atoms with E-state index in [1.165, 1.54) is 0 Å². The number of nitrogens with zero attached hydrogens (tertiary/aromatic N) is 2. The molecule has 0 aliphatic heterocycles. The van der Waals surface area contributed by atoms with Crippen molar-refractivity contribution in [3.63, 3.8) is 0 Å². The van der Waals surface area contributed by atoms with E-state index in [0.717, 1.165) is 34.5 Å². The van der Waals surface area contributed by atoms with Crippen molar-refractivity contribution in [3.8, 4) is 0 Å². The van der Waals surface area contributed by atoms with E-state index in [1.807, 2.05) is 56.8 Å². The van der Waals surface area contributed by atoms with E-state index < -0.39 is 0 Å². The SMILES string of the molecule is CCn1cc(CNC(=O)c2cc(C)ccc2C)c(C)n1. The molecule has 106 valence electrons. The van der Waals surface area contributed by atoms with E-state index in [9.17, 15) is 4.79 Å². The summed E-state index contributed by atoms with van der Waals surface area (Å²) >= 11 is 0. The highest BCUT2D eigenvalue weighted by molar-refractivity contribution is 5.95. The van der Waals surface area contributed by atoms with E-state index in [2.05, 4.69) is 10.4 Å². The quantitative estimate of drug-likeness (QED) is 0.929. The molecule has 1 heterocycles. The number of carbonyl (C=O) groups excluding carboxylic acids is 1. The van der Waals surface area contributed by atoms with Gasteiger partial charge in [0.15, 0.2) is 0 Å². The molecular formula is C16H21N3O. The van der Waals surface area contributed by atoms with Crippen LogP contribution in [0.2, 0.25) is 0 Å². The predicted octanol–water partition coefficient (Wildman–Crippen LogP) is 2.76. The van der Waals surface area contributed by atoms with Gasteiger partial charge in [-0.05, 0) is 39.3 Å². The zero-order valence-electron chi connectivity index (χ0n) is 12.5. The summed E-state index contributed by atoms with van der Waals surface area (Å²) in [6, 6.07) is 5.92. The second kappa shape index (κ2) is 5.90. The molecule has 4 heteroatoms. The number of benzene rings is 1. The highest BCUT2D eigenvalue weighted by atomic mass is 16.1. The molecule has 0 fully saturated rings. The van der Waals surface area contributed by atoms with Crippen LogP contribution in [0.25, 0.3) is 0 Å². The Hall–Kier alpha value is -2.10. The first-order chi connectivity index (χ1) is 9.51. The highest BCUT2D eigenvalue weighted by Crippen LogP contribution is 2.11. The standard InChI is InChI=1S/C16H21N3O/c1-5-19-10-14(13(4)18-19)9-17-16(20)15-8-11(2)6-7-12(15)3/h6-8,10H,5,9H2,1-4H3,(H,17,20). The van der Waals surface area contributed by atoms with Gasteiger partial charge in [0, 0.05) is 30.4 Å². The van der Waals surface area contributed by atoms with Crippen LogP contribution in [0.15, 0.2) is 24.4 Å². The van der Waals surface area contributed by atoms with Gasteiger partial charge in [0.25, 0.3) is 5.91 Å². The van der Waals surface area contributed by atoms with Crippen LogP contribution in [0.1, 0.15) is 39.7 Å². The zero-order valence-corrected chi connectivity index (χ0v) is 12.5. The number of aromatic nitrogens is 2. The van der Waals surface area contributed by atoms with Gasteiger partial charge < -0.3 is 5.32 Å². The number of hydrogen-bond acceptors (Lipinski definition) is 2. The first-order valence-electron chi connectivity index (χ1n) is 6.89. The molecule has 1 amide bonds. The zero-order chi connectivity index (χ0) is 14.7. The summed E-state index contributed by atoms with van der Waals surface area (Å²) in [6.07, 6.45) is 1.98. The number of hydrogen-bond donors (Lipinski definition) is 1. The lowest BCUT2D eigenvalue weighted by Gasteiger charge is -2.08. The van der Waals surface area contributed by atoms with Crippen molar-refractivity contribution >= 4 is 5.91 Å². The number of carbonyl (C=O) groups is 1. The van der Waals surface area contributed by atoms with Crippen LogP contribution in [0.5, 0.6) is 0 Å². The third-order valence-electron chi connectivity index (χ3n) is 3.45. The van der Waals surface area contributed by atoms with Crippen LogP contribution in [0, 0.1) is 20.8 Å². The fraction of sp³-hybridized carbons (Fsp3) is 0.375. The van der Waals surface area contributed by atoms with Crippen molar-refractivity contribution in [2.75, 3.05) is 0 Å². The maximum absolute atomic E-state index is 12.2. The van der Waals surface area contributed by atoms with E-state index in [0.29, 0.717) is 6.54 Å². The summed E-state index contributed by atoms with van der Waals surface area (Å²) < 4.78 is 1.88. The Morgan fingerprint density at radius 3 is 2.70 bits per heavy atom. The summed E-state index contributed by atoms with van der Waals surface area (Å²) in [5, 5.41) is 7.35. The topological polar surface area (TPSA) is 46.9 Å². The lowest BCUT2D eigenvalue weighted by molar-refractivity contribution is 0.0950. The van der Waals surface area contributed by atoms with Gasteiger partial charge in [-0.15, -0.1) is 0 Å². The van der Waals surface area contributed by atoms with Crippen LogP contribution < -0.4 is 5.32 Å². The Morgan fingerprint density at radius 2 is 2.05 bits per heavy atom. The summed E-state index contributed by atoms with van der Waals surface area (Å²) in [5.41, 5.74) is 4.86. The van der Waals surface area contributed by atoms with Crippen molar-refractivity contribution in [1.82, 2.24) is 15.1 Å². The molecule has 0 bridgehead atoms. The average Bonchev–Trinajstić information content (AvgIpc) is 2.79. The van der Waals surface area contributed by atoms with Crippen molar-refractivity contribution in [2.45, 2.75) is 40.8 Å². The number of amides is 1. The maximum atomic E-state index is 12.2. The van der Waals surface area contributed by atoms with Crippen molar-refractivity contribution in [3.05, 3.63) is 52.3 Å². The first kappa shape index (κ1) is 14.3. The molecule has 0 aliphatic rings. The minimum atomic E-state index is -0.0325. The van der Waals surface area contributed by atoms with Crippen LogP contribution in [-0.4, -0.2) is 15.7 Å². The summed E-state index contributed by atoms with van der Waals surface area (Å²) in [4.78, 5) is 12.2. The monoisotopic (exact) mass is 271 g/mol. The third kappa shape index (κ3) is 3.07. The molecule has 2 rings (SSSR count). The van der Waals surface area contributed by atoms with Gasteiger partial charge in [-0.1, -0.05) is 17.7 Å². The molecule has 1 aromatic carbocycles. The molecule has 20 heavy (non-hydrogen) atoms. The summed E-state index contributed by atoms with van der Waals surface area (Å²) in [5.74, 6) is -0.0325. The van der Waals surface area contributed by atoms with Gasteiger partial charge in [0.1, 0.15) is 0 Å². The summed E-state index contributed by atoms with van der Waals surface area (Å²) in [6.45, 7) is 9.31. The normalized spacial score (nSPS) is 10.6. The first-order valence-corrected chi connectivity index (χ1v) is 6.89. The molecule has 0 atom stereocenters. The van der Waals surface area contributed by atoms with Gasteiger partial charge in [-0.25, -0.2) is 0 Å². The Morgan fingerprint density at radius 1 is 1.30 bits per heavy atom. The second-order valence-electron chi connectivity index (χ2n) is 5.10. The van der Waals surface area contributed by atoms with Gasteiger partial charge >= 0.3 is 0 Å². The molecule has 4 nitrogen and oxygen atoms in total. The Bertz CT molecular complexity index is 629. The number of nitrogens with one attached hydrogen (secondary N) is 1. The van der Waals surface area contributed by atoms with Crippen molar-refractivity contribution in [2.24, 2.45) is 0 Å². The molecule has 0 radical (unpaired) electrons. The molecule has 2 aromatic rings. The lowest BCUT2D eigenvalue weighted by Crippen LogP contribution is -2.23. The lowest BCUT2D eigenvalue weighted by atomic mass is 10.1. The molecule has 0 saturated heterocycles. The fourth-order valence-corrected chi connectivity index (χ4v) is 2.15. The van der Waals surface area contributed by atoms with E-state index in [4.69, 9.17) is 0 Å². The summed E-state index contributed by atoms with van der Waals surface area (Å²) in [7, 11) is 0. The third-order valence-corrected chi connectivity index (χ3v) is 3.45. The van der Waals surface area contributed by atoms with Gasteiger partial charge in [-0.3, -0.25) is 9.48 Å². The molecular weight excluding hydrogens is 250 g/mol. The van der Waals surface area contributed by atoms with Crippen LogP contribution >= 0.6 is 0 Å². The van der Waals surface area contributed by atoms with Crippen molar-refractivity contribution < 1.29 is 4.79 Å². The molecule has 0 spiro atoms. The van der Waals surface area contributed by atoms with Crippen LogP contribution in [-0.2, 0) is 13.1 Å². The van der Waals surface area contributed by atoms with Gasteiger partial charge in [-0.2, -0.15) is 5.10 Å². The van der Waals surface area contributed by atoms with E-state index in [-0.39, 0.29) is 5.91 Å². The number of rotatable bonds is 4. The van der Waals surface area contributed by atoms with Crippen molar-refractivity contribution in [1.29, 1.82) is 0 Å². The fourth-order valence-electron chi connectivity index (χ4n) is 2.15. The van der Waals surface area contributed by atoms with Gasteiger partial charge in [0.2, 0.25) is 0 Å². The molecule has 1 aromatic heterocycles. The Kier molecular flexibility index (Phi) is 4.23. The van der Waals surface area contributed by atoms with Gasteiger partial charge in [0.05, 0.1) is 5.69 Å². The highest BCUT2D eigenvalue weighted by Gasteiger charge is 2.10. The second-order valence-corrected chi connectivity index (χ2v) is 5.10. The average molecular weight is 271 g/mol. The largest absolute Gasteiger partial charge is 0.348 e. The minimum absolute atomic E-state index is 0.0325. The van der Waals surface area contributed by atoms with Crippen LogP contribution in [0.4, 0.5) is 0 Å². The minimum Gasteiger partial charge on any atom is -0.348 e. The molecule has 0 aliphatic carbocycles. The maximum Gasteiger partial charge on any atom is 0.251 e. The molecule has 0 unspecified atom stereocenters.